The molecule has 1 amide bonds. The minimum Gasteiger partial charge on any atom is -0.367 e. The van der Waals surface area contributed by atoms with Crippen molar-refractivity contribution in [2.45, 2.75) is 58.2 Å². The molecule has 0 spiro atoms. The maximum atomic E-state index is 11.0. The monoisotopic (exact) mass is 228 g/mol. The van der Waals surface area contributed by atoms with Gasteiger partial charge in [-0.15, -0.1) is 0 Å². The average Bonchev–Trinajstić information content (AvgIpc) is 2.21. The van der Waals surface area contributed by atoms with Crippen molar-refractivity contribution in [3.8, 4) is 0 Å². The van der Waals surface area contributed by atoms with Crippen molar-refractivity contribution in [1.29, 1.82) is 0 Å². The fraction of sp³-hybridized carbons (Fsp3) is 0.917. The molecular formula is C12H24N2O2. The summed E-state index contributed by atoms with van der Waals surface area (Å²) < 4.78 is 5.78. The van der Waals surface area contributed by atoms with Crippen molar-refractivity contribution in [2.24, 2.45) is 16.9 Å². The molecule has 0 heterocycles. The number of hydrogen-bond donors (Lipinski definition) is 2. The first-order chi connectivity index (χ1) is 7.30. The van der Waals surface area contributed by atoms with E-state index in [2.05, 4.69) is 13.8 Å². The van der Waals surface area contributed by atoms with Crippen molar-refractivity contribution in [3.05, 3.63) is 0 Å². The van der Waals surface area contributed by atoms with E-state index in [0.717, 1.165) is 25.7 Å². The Kier molecular flexibility index (Phi) is 3.97. The van der Waals surface area contributed by atoms with E-state index in [-0.39, 0.29) is 5.60 Å². The van der Waals surface area contributed by atoms with Crippen LogP contribution in [0.15, 0.2) is 0 Å². The lowest BCUT2D eigenvalue weighted by Crippen LogP contribution is -2.49. The molecule has 4 heteroatoms. The first-order valence-electron chi connectivity index (χ1n) is 5.97. The Morgan fingerprint density at radius 3 is 2.19 bits per heavy atom. The van der Waals surface area contributed by atoms with Gasteiger partial charge in [0.2, 0.25) is 5.91 Å². The van der Waals surface area contributed by atoms with E-state index in [4.69, 9.17) is 16.2 Å². The lowest BCUT2D eigenvalue weighted by molar-refractivity contribution is -0.149. The van der Waals surface area contributed by atoms with Crippen molar-refractivity contribution in [2.75, 3.05) is 6.54 Å². The van der Waals surface area contributed by atoms with Crippen molar-refractivity contribution in [3.63, 3.8) is 0 Å². The second-order valence-corrected chi connectivity index (χ2v) is 5.71. The number of rotatable bonds is 4. The molecule has 0 radical (unpaired) electrons. The number of ether oxygens (including phenoxy) is 1. The van der Waals surface area contributed by atoms with Gasteiger partial charge < -0.3 is 16.2 Å². The lowest BCUT2D eigenvalue weighted by Gasteiger charge is -2.43. The molecule has 0 aromatic rings. The fourth-order valence-electron chi connectivity index (χ4n) is 2.19. The van der Waals surface area contributed by atoms with Gasteiger partial charge in [-0.3, -0.25) is 4.79 Å². The van der Waals surface area contributed by atoms with E-state index in [9.17, 15) is 4.79 Å². The zero-order valence-electron chi connectivity index (χ0n) is 10.6. The third kappa shape index (κ3) is 3.19. The third-order valence-electron chi connectivity index (χ3n) is 3.71. The van der Waals surface area contributed by atoms with Crippen LogP contribution in [0.3, 0.4) is 0 Å². The van der Waals surface area contributed by atoms with Gasteiger partial charge in [0.05, 0.1) is 5.60 Å². The van der Waals surface area contributed by atoms with Gasteiger partial charge in [0, 0.05) is 6.54 Å². The summed E-state index contributed by atoms with van der Waals surface area (Å²) in [4.78, 5) is 11.0. The minimum atomic E-state index is -0.551. The van der Waals surface area contributed by atoms with E-state index in [0.29, 0.717) is 12.0 Å². The Labute approximate surface area is 97.7 Å². The molecule has 0 aliphatic heterocycles. The molecule has 1 rings (SSSR count). The molecule has 1 atom stereocenters. The largest absolute Gasteiger partial charge is 0.367 e. The highest BCUT2D eigenvalue weighted by molar-refractivity contribution is 5.78. The summed E-state index contributed by atoms with van der Waals surface area (Å²) in [5.41, 5.74) is 11.0. The van der Waals surface area contributed by atoms with Crippen LogP contribution in [-0.4, -0.2) is 24.2 Å². The molecule has 4 nitrogen and oxygen atoms in total. The molecule has 4 N–H and O–H groups in total. The highest BCUT2D eigenvalue weighted by Gasteiger charge is 2.39. The zero-order valence-corrected chi connectivity index (χ0v) is 10.6. The number of carbonyl (C=O) groups excluding carboxylic acids is 1. The highest BCUT2D eigenvalue weighted by atomic mass is 16.5. The summed E-state index contributed by atoms with van der Waals surface area (Å²) in [6.45, 7) is 6.66. The number of primary amides is 1. The van der Waals surface area contributed by atoms with Crippen molar-refractivity contribution >= 4 is 5.91 Å². The van der Waals surface area contributed by atoms with E-state index < -0.39 is 12.0 Å². The van der Waals surface area contributed by atoms with Gasteiger partial charge in [-0.25, -0.2) is 0 Å². The molecule has 94 valence electrons. The van der Waals surface area contributed by atoms with Crippen LogP contribution in [0.25, 0.3) is 0 Å². The van der Waals surface area contributed by atoms with E-state index in [1.54, 1.807) is 6.92 Å². The number of nitrogens with two attached hydrogens (primary N) is 2. The number of hydrogen-bond acceptors (Lipinski definition) is 3. The maximum Gasteiger partial charge on any atom is 0.246 e. The van der Waals surface area contributed by atoms with E-state index >= 15 is 0 Å². The smallest absolute Gasteiger partial charge is 0.246 e. The summed E-state index contributed by atoms with van der Waals surface area (Å²) in [5, 5.41) is 0. The quantitative estimate of drug-likeness (QED) is 0.758. The van der Waals surface area contributed by atoms with Crippen molar-refractivity contribution < 1.29 is 9.53 Å². The van der Waals surface area contributed by atoms with E-state index in [1.165, 1.54) is 0 Å². The molecule has 1 aliphatic rings. The Bertz CT molecular complexity index is 254. The Morgan fingerprint density at radius 2 is 1.81 bits per heavy atom. The summed E-state index contributed by atoms with van der Waals surface area (Å²) in [6, 6.07) is 0. The molecule has 1 fully saturated rings. The van der Waals surface area contributed by atoms with Crippen LogP contribution in [0.2, 0.25) is 0 Å². The number of carbonyl (C=O) groups is 1. The maximum absolute atomic E-state index is 11.0. The second kappa shape index (κ2) is 4.72. The van der Waals surface area contributed by atoms with Crippen LogP contribution in [0.1, 0.15) is 46.5 Å². The highest BCUT2D eigenvalue weighted by Crippen LogP contribution is 2.41. The normalized spacial score (nSPS) is 25.0. The average molecular weight is 228 g/mol. The molecular weight excluding hydrogens is 204 g/mol. The topological polar surface area (TPSA) is 78.3 Å². The van der Waals surface area contributed by atoms with Crippen LogP contribution in [0.5, 0.6) is 0 Å². The van der Waals surface area contributed by atoms with Crippen LogP contribution < -0.4 is 11.5 Å². The Hall–Kier alpha value is -0.610. The molecule has 0 saturated heterocycles. The molecule has 0 bridgehead atoms. The van der Waals surface area contributed by atoms with Gasteiger partial charge >= 0.3 is 0 Å². The van der Waals surface area contributed by atoms with Crippen molar-refractivity contribution in [1.82, 2.24) is 0 Å². The minimum absolute atomic E-state index is 0.343. The summed E-state index contributed by atoms with van der Waals surface area (Å²) in [7, 11) is 0. The molecule has 1 unspecified atom stereocenters. The second-order valence-electron chi connectivity index (χ2n) is 5.71. The predicted octanol–water partition coefficient (Wildman–Crippen LogP) is 1.17. The molecule has 0 aromatic heterocycles. The lowest BCUT2D eigenvalue weighted by atomic mass is 9.71. The first kappa shape index (κ1) is 13.5. The van der Waals surface area contributed by atoms with Gasteiger partial charge in [0.15, 0.2) is 0 Å². The molecule has 1 saturated carbocycles. The third-order valence-corrected chi connectivity index (χ3v) is 3.71. The number of amides is 1. The van der Waals surface area contributed by atoms with Gasteiger partial charge in [-0.2, -0.15) is 0 Å². The standard InChI is InChI=1S/C12H24N2O2/c1-9(10(14)15)16-12(8-13)6-4-11(2,3)5-7-12/h9H,4-8,13H2,1-3H3,(H2,14,15). The summed E-state index contributed by atoms with van der Waals surface area (Å²) in [5.74, 6) is -0.419. The van der Waals surface area contributed by atoms with Gasteiger partial charge in [0.25, 0.3) is 0 Å². The Morgan fingerprint density at radius 1 is 1.31 bits per heavy atom. The van der Waals surface area contributed by atoms with Crippen LogP contribution in [0.4, 0.5) is 0 Å². The summed E-state index contributed by atoms with van der Waals surface area (Å²) >= 11 is 0. The van der Waals surface area contributed by atoms with Gasteiger partial charge in [-0.1, -0.05) is 13.8 Å². The zero-order chi connectivity index (χ0) is 12.4. The van der Waals surface area contributed by atoms with Crippen LogP contribution in [-0.2, 0) is 9.53 Å². The molecule has 1 aliphatic carbocycles. The first-order valence-corrected chi connectivity index (χ1v) is 5.97. The van der Waals surface area contributed by atoms with Gasteiger partial charge in [-0.05, 0) is 38.0 Å². The van der Waals surface area contributed by atoms with Gasteiger partial charge in [0.1, 0.15) is 6.10 Å². The SMILES string of the molecule is CC(OC1(CN)CCC(C)(C)CC1)C(N)=O. The fourth-order valence-corrected chi connectivity index (χ4v) is 2.19. The predicted molar refractivity (Wildman–Crippen MR) is 63.8 cm³/mol. The molecule has 0 aromatic carbocycles. The van der Waals surface area contributed by atoms with E-state index in [1.807, 2.05) is 0 Å². The van der Waals surface area contributed by atoms with Crippen LogP contribution in [0, 0.1) is 5.41 Å². The summed E-state index contributed by atoms with van der Waals surface area (Å²) in [6.07, 6.45) is 3.43. The Balaban J connectivity index is 2.63. The van der Waals surface area contributed by atoms with Crippen LogP contribution >= 0.6 is 0 Å². The molecule has 16 heavy (non-hydrogen) atoms.